The number of benzene rings is 2. The number of aryl methyl sites for hydroxylation is 1. The summed E-state index contributed by atoms with van der Waals surface area (Å²) < 4.78 is 1.92. The van der Waals surface area contributed by atoms with Gasteiger partial charge in [0.25, 0.3) is 5.91 Å². The predicted octanol–water partition coefficient (Wildman–Crippen LogP) is 2.91. The number of nitrogens with zero attached hydrogens (tertiary/aromatic N) is 3. The molecule has 2 amide bonds. The fourth-order valence-electron chi connectivity index (χ4n) is 3.75. The van der Waals surface area contributed by atoms with Crippen LogP contribution in [0.4, 0.5) is 5.69 Å². The van der Waals surface area contributed by atoms with Crippen LogP contribution < -0.4 is 10.2 Å². The van der Waals surface area contributed by atoms with Crippen molar-refractivity contribution in [3.05, 3.63) is 65.3 Å². The van der Waals surface area contributed by atoms with Gasteiger partial charge in [0, 0.05) is 61.0 Å². The first-order chi connectivity index (χ1) is 14.0. The van der Waals surface area contributed by atoms with Crippen LogP contribution in [0.3, 0.4) is 0 Å². The number of carbonyl (C=O) groups is 2. The summed E-state index contributed by atoms with van der Waals surface area (Å²) in [6.07, 6.45) is 1.80. The van der Waals surface area contributed by atoms with Gasteiger partial charge in [-0.15, -0.1) is 0 Å². The number of carbonyl (C=O) groups excluding carboxylic acids is 2. The van der Waals surface area contributed by atoms with E-state index in [1.54, 1.807) is 11.1 Å². The van der Waals surface area contributed by atoms with Crippen LogP contribution >= 0.6 is 11.6 Å². The molecular weight excluding hydrogens is 388 g/mol. The topological polar surface area (TPSA) is 57.6 Å². The molecule has 0 aliphatic carbocycles. The van der Waals surface area contributed by atoms with Crippen molar-refractivity contribution in [1.29, 1.82) is 0 Å². The van der Waals surface area contributed by atoms with Gasteiger partial charge in [0.1, 0.15) is 0 Å². The first kappa shape index (κ1) is 19.3. The molecule has 1 aliphatic rings. The van der Waals surface area contributed by atoms with E-state index in [9.17, 15) is 9.59 Å². The number of fused-ring (bicyclic) bond motifs is 1. The number of anilines is 1. The number of para-hydroxylation sites is 1. The van der Waals surface area contributed by atoms with Crippen molar-refractivity contribution in [3.63, 3.8) is 0 Å². The van der Waals surface area contributed by atoms with Crippen LogP contribution in [0.5, 0.6) is 0 Å². The van der Waals surface area contributed by atoms with Crippen LogP contribution in [0.25, 0.3) is 10.9 Å². The van der Waals surface area contributed by atoms with E-state index in [-0.39, 0.29) is 18.4 Å². The summed E-state index contributed by atoms with van der Waals surface area (Å²) in [6.45, 7) is 2.77. The lowest BCUT2D eigenvalue weighted by Crippen LogP contribution is -2.51. The third-order valence-electron chi connectivity index (χ3n) is 5.37. The van der Waals surface area contributed by atoms with E-state index in [2.05, 4.69) is 10.2 Å². The molecule has 150 valence electrons. The van der Waals surface area contributed by atoms with Crippen LogP contribution in [-0.4, -0.2) is 54.0 Å². The Bertz CT molecular complexity index is 1040. The molecule has 3 aromatic rings. The van der Waals surface area contributed by atoms with Gasteiger partial charge in [0.05, 0.1) is 12.1 Å². The zero-order valence-electron chi connectivity index (χ0n) is 16.3. The second kappa shape index (κ2) is 8.17. The first-order valence-corrected chi connectivity index (χ1v) is 10.0. The highest BCUT2D eigenvalue weighted by Gasteiger charge is 2.22. The number of rotatable bonds is 4. The van der Waals surface area contributed by atoms with E-state index < -0.39 is 0 Å². The highest BCUT2D eigenvalue weighted by molar-refractivity contribution is 6.30. The standard InChI is InChI=1S/C22H23ClN4O2/c1-25-15-19(18-4-2-3-5-20(18)25)22(29)24-14-21(28)27-12-10-26(11-13-27)17-8-6-16(23)7-9-17/h2-9,15H,10-14H2,1H3,(H,24,29). The maximum absolute atomic E-state index is 12.6. The average Bonchev–Trinajstić information content (AvgIpc) is 3.09. The minimum atomic E-state index is -0.227. The Morgan fingerprint density at radius 1 is 1.00 bits per heavy atom. The molecule has 4 rings (SSSR count). The lowest BCUT2D eigenvalue weighted by Gasteiger charge is -2.36. The van der Waals surface area contributed by atoms with Gasteiger partial charge in [0.15, 0.2) is 0 Å². The Labute approximate surface area is 174 Å². The van der Waals surface area contributed by atoms with Crippen molar-refractivity contribution in [1.82, 2.24) is 14.8 Å². The van der Waals surface area contributed by atoms with Crippen molar-refractivity contribution >= 4 is 40.0 Å². The molecule has 1 saturated heterocycles. The monoisotopic (exact) mass is 410 g/mol. The molecule has 0 spiro atoms. The SMILES string of the molecule is Cn1cc(C(=O)NCC(=O)N2CCN(c3ccc(Cl)cc3)CC2)c2ccccc21. The summed E-state index contributed by atoms with van der Waals surface area (Å²) in [4.78, 5) is 29.2. The maximum Gasteiger partial charge on any atom is 0.253 e. The largest absolute Gasteiger partial charge is 0.368 e. The lowest BCUT2D eigenvalue weighted by molar-refractivity contribution is -0.130. The minimum absolute atomic E-state index is 0.00298. The smallest absolute Gasteiger partial charge is 0.253 e. The number of hydrogen-bond donors (Lipinski definition) is 1. The summed E-state index contributed by atoms with van der Waals surface area (Å²) >= 11 is 5.95. The van der Waals surface area contributed by atoms with Gasteiger partial charge in [-0.3, -0.25) is 9.59 Å². The van der Waals surface area contributed by atoms with E-state index in [4.69, 9.17) is 11.6 Å². The van der Waals surface area contributed by atoms with Gasteiger partial charge in [-0.1, -0.05) is 29.8 Å². The molecule has 1 aliphatic heterocycles. The zero-order chi connectivity index (χ0) is 20.4. The van der Waals surface area contributed by atoms with Crippen molar-refractivity contribution in [3.8, 4) is 0 Å². The molecule has 2 heterocycles. The molecule has 1 N–H and O–H groups in total. The zero-order valence-corrected chi connectivity index (χ0v) is 17.0. The van der Waals surface area contributed by atoms with Crippen LogP contribution in [0, 0.1) is 0 Å². The summed E-state index contributed by atoms with van der Waals surface area (Å²) in [6, 6.07) is 15.5. The quantitative estimate of drug-likeness (QED) is 0.719. The molecule has 0 bridgehead atoms. The molecule has 6 nitrogen and oxygen atoms in total. The Morgan fingerprint density at radius 2 is 1.69 bits per heavy atom. The number of amides is 2. The predicted molar refractivity (Wildman–Crippen MR) is 115 cm³/mol. The number of hydrogen-bond acceptors (Lipinski definition) is 3. The molecule has 2 aromatic carbocycles. The second-order valence-corrected chi connectivity index (χ2v) is 7.63. The Kier molecular flexibility index (Phi) is 5.45. The maximum atomic E-state index is 12.6. The van der Waals surface area contributed by atoms with E-state index >= 15 is 0 Å². The van der Waals surface area contributed by atoms with Crippen LogP contribution in [0.15, 0.2) is 54.7 Å². The van der Waals surface area contributed by atoms with Crippen molar-refractivity contribution in [2.75, 3.05) is 37.6 Å². The fourth-order valence-corrected chi connectivity index (χ4v) is 3.88. The molecular formula is C22H23ClN4O2. The Morgan fingerprint density at radius 3 is 2.41 bits per heavy atom. The first-order valence-electron chi connectivity index (χ1n) is 9.63. The normalized spacial score (nSPS) is 14.3. The van der Waals surface area contributed by atoms with Gasteiger partial charge in [-0.25, -0.2) is 0 Å². The number of nitrogens with one attached hydrogen (secondary N) is 1. The average molecular weight is 411 g/mol. The highest BCUT2D eigenvalue weighted by atomic mass is 35.5. The van der Waals surface area contributed by atoms with Gasteiger partial charge in [-0.2, -0.15) is 0 Å². The van der Waals surface area contributed by atoms with E-state index in [1.165, 1.54) is 0 Å². The summed E-state index contributed by atoms with van der Waals surface area (Å²) in [5.74, 6) is -0.288. The summed E-state index contributed by atoms with van der Waals surface area (Å²) in [5.41, 5.74) is 2.68. The van der Waals surface area contributed by atoms with Crippen LogP contribution in [0.2, 0.25) is 5.02 Å². The third-order valence-corrected chi connectivity index (χ3v) is 5.62. The van der Waals surface area contributed by atoms with Crippen LogP contribution in [0.1, 0.15) is 10.4 Å². The molecule has 7 heteroatoms. The van der Waals surface area contributed by atoms with Gasteiger partial charge >= 0.3 is 0 Å². The molecule has 0 atom stereocenters. The fraction of sp³-hybridized carbons (Fsp3) is 0.273. The van der Waals surface area contributed by atoms with Gasteiger partial charge in [0.2, 0.25) is 5.91 Å². The Balaban J connectivity index is 1.32. The highest BCUT2D eigenvalue weighted by Crippen LogP contribution is 2.21. The lowest BCUT2D eigenvalue weighted by atomic mass is 10.1. The third kappa shape index (κ3) is 4.07. The van der Waals surface area contributed by atoms with Crippen molar-refractivity contribution < 1.29 is 9.59 Å². The van der Waals surface area contributed by atoms with E-state index in [0.29, 0.717) is 23.7 Å². The molecule has 1 aromatic heterocycles. The molecule has 0 unspecified atom stereocenters. The van der Waals surface area contributed by atoms with Gasteiger partial charge in [-0.05, 0) is 30.3 Å². The second-order valence-electron chi connectivity index (χ2n) is 7.20. The molecule has 29 heavy (non-hydrogen) atoms. The minimum Gasteiger partial charge on any atom is -0.368 e. The molecule has 1 fully saturated rings. The number of piperazine rings is 1. The number of aromatic nitrogens is 1. The Hall–Kier alpha value is -2.99. The summed E-state index contributed by atoms with van der Waals surface area (Å²) in [5, 5.41) is 4.38. The molecule has 0 saturated carbocycles. The van der Waals surface area contributed by atoms with Gasteiger partial charge < -0.3 is 19.7 Å². The molecule has 0 radical (unpaired) electrons. The van der Waals surface area contributed by atoms with Crippen molar-refractivity contribution in [2.45, 2.75) is 0 Å². The summed E-state index contributed by atoms with van der Waals surface area (Å²) in [7, 11) is 1.91. The van der Waals surface area contributed by atoms with Crippen molar-refractivity contribution in [2.24, 2.45) is 7.05 Å². The van der Waals surface area contributed by atoms with Crippen LogP contribution in [-0.2, 0) is 11.8 Å². The van der Waals surface area contributed by atoms with E-state index in [1.807, 2.05) is 60.1 Å². The number of halogens is 1. The van der Waals surface area contributed by atoms with E-state index in [0.717, 1.165) is 29.7 Å².